The maximum atomic E-state index is 13.3. The zero-order chi connectivity index (χ0) is 28.5. The highest BCUT2D eigenvalue weighted by Gasteiger charge is 2.38. The van der Waals surface area contributed by atoms with E-state index in [0.29, 0.717) is 28.3 Å². The first-order chi connectivity index (χ1) is 18.4. The molecule has 0 aliphatic heterocycles. The minimum Gasteiger partial charge on any atom is -0.475 e. The fourth-order valence-electron chi connectivity index (χ4n) is 3.80. The largest absolute Gasteiger partial charge is 0.490 e. The molecule has 0 bridgehead atoms. The van der Waals surface area contributed by atoms with E-state index in [9.17, 15) is 18.0 Å². The summed E-state index contributed by atoms with van der Waals surface area (Å²) in [6.45, 7) is 1.18. The molecule has 0 saturated heterocycles. The Bertz CT molecular complexity index is 1710. The molecule has 14 heteroatoms. The van der Waals surface area contributed by atoms with Gasteiger partial charge in [-0.1, -0.05) is 23.7 Å². The number of hydrogen-bond donors (Lipinski definition) is 2. The van der Waals surface area contributed by atoms with E-state index in [4.69, 9.17) is 32.2 Å². The van der Waals surface area contributed by atoms with Crippen LogP contribution in [0.25, 0.3) is 37.4 Å². The van der Waals surface area contributed by atoms with E-state index in [-0.39, 0.29) is 5.56 Å². The van der Waals surface area contributed by atoms with Crippen LogP contribution in [0.15, 0.2) is 59.7 Å². The van der Waals surface area contributed by atoms with Gasteiger partial charge in [-0.2, -0.15) is 13.2 Å². The number of halogens is 4. The van der Waals surface area contributed by atoms with Gasteiger partial charge in [0.25, 0.3) is 5.56 Å². The van der Waals surface area contributed by atoms with E-state index in [1.807, 2.05) is 67.5 Å². The Morgan fingerprint density at radius 2 is 1.79 bits per heavy atom. The van der Waals surface area contributed by atoms with E-state index >= 15 is 0 Å². The number of nitrogens with zero attached hydrogens (tertiary/aromatic N) is 5. The normalized spacial score (nSPS) is 11.5. The number of fused-ring (bicyclic) bond motifs is 2. The fourth-order valence-corrected chi connectivity index (χ4v) is 4.97. The molecular formula is C25H22ClF3N6O3S. The Labute approximate surface area is 228 Å². The van der Waals surface area contributed by atoms with Crippen molar-refractivity contribution in [3.8, 4) is 16.1 Å². The maximum Gasteiger partial charge on any atom is 0.490 e. The molecule has 3 N–H and O–H groups in total. The highest BCUT2D eigenvalue weighted by atomic mass is 35.5. The zero-order valence-corrected chi connectivity index (χ0v) is 22.2. The average molecular weight is 579 g/mol. The minimum atomic E-state index is -5.08. The molecular weight excluding hydrogens is 557 g/mol. The van der Waals surface area contributed by atoms with Crippen LogP contribution < -0.4 is 16.2 Å². The van der Waals surface area contributed by atoms with Gasteiger partial charge in [0.2, 0.25) is 5.95 Å². The molecule has 204 valence electrons. The van der Waals surface area contributed by atoms with Crippen molar-refractivity contribution in [1.82, 2.24) is 19.1 Å². The second-order valence-corrected chi connectivity index (χ2v) is 9.96. The van der Waals surface area contributed by atoms with Crippen LogP contribution in [-0.4, -0.2) is 57.0 Å². The van der Waals surface area contributed by atoms with Crippen LogP contribution in [0, 0.1) is 0 Å². The quantitative estimate of drug-likeness (QED) is 0.308. The first-order valence-corrected chi connectivity index (χ1v) is 12.6. The average Bonchev–Trinajstić information content (AvgIpc) is 3.47. The summed E-state index contributed by atoms with van der Waals surface area (Å²) in [5.74, 6) is -1.93. The molecule has 0 atom stereocenters. The van der Waals surface area contributed by atoms with Gasteiger partial charge < -0.3 is 20.3 Å². The van der Waals surface area contributed by atoms with Gasteiger partial charge in [-0.3, -0.25) is 9.36 Å². The van der Waals surface area contributed by atoms with E-state index < -0.39 is 12.1 Å². The van der Waals surface area contributed by atoms with Gasteiger partial charge in [0.05, 0.1) is 22.2 Å². The van der Waals surface area contributed by atoms with Crippen LogP contribution >= 0.6 is 22.9 Å². The van der Waals surface area contributed by atoms with Crippen molar-refractivity contribution >= 4 is 56.1 Å². The van der Waals surface area contributed by atoms with Crippen molar-refractivity contribution in [3.63, 3.8) is 0 Å². The lowest BCUT2D eigenvalue weighted by atomic mass is 10.2. The molecule has 0 fully saturated rings. The molecule has 3 heterocycles. The Kier molecular flexibility index (Phi) is 7.95. The summed E-state index contributed by atoms with van der Waals surface area (Å²) in [6, 6.07) is 15.3. The van der Waals surface area contributed by atoms with Crippen molar-refractivity contribution in [2.24, 2.45) is 5.73 Å². The highest BCUT2D eigenvalue weighted by Crippen LogP contribution is 2.32. The topological polar surface area (TPSA) is 119 Å². The van der Waals surface area contributed by atoms with Gasteiger partial charge in [0.15, 0.2) is 0 Å². The van der Waals surface area contributed by atoms with E-state index in [0.717, 1.165) is 33.1 Å². The number of thiophene rings is 1. The first kappa shape index (κ1) is 28.1. The molecule has 0 radical (unpaired) electrons. The van der Waals surface area contributed by atoms with Crippen molar-refractivity contribution in [2.75, 3.05) is 25.5 Å². The predicted octanol–water partition coefficient (Wildman–Crippen LogP) is 4.78. The number of rotatable bonds is 5. The molecule has 0 aliphatic carbocycles. The number of carbonyl (C=O) groups is 1. The smallest absolute Gasteiger partial charge is 0.475 e. The molecule has 0 amide bonds. The van der Waals surface area contributed by atoms with Gasteiger partial charge >= 0.3 is 12.1 Å². The summed E-state index contributed by atoms with van der Waals surface area (Å²) >= 11 is 7.43. The molecule has 0 spiro atoms. The maximum absolute atomic E-state index is 13.3. The van der Waals surface area contributed by atoms with Gasteiger partial charge in [-0.15, -0.1) is 11.3 Å². The Morgan fingerprint density at radius 3 is 2.38 bits per heavy atom. The Morgan fingerprint density at radius 1 is 1.13 bits per heavy atom. The summed E-state index contributed by atoms with van der Waals surface area (Å²) < 4.78 is 36.0. The molecule has 5 aromatic rings. The van der Waals surface area contributed by atoms with Crippen LogP contribution in [0.4, 0.5) is 19.1 Å². The predicted molar refractivity (Wildman–Crippen MR) is 146 cm³/mol. The molecule has 2 aromatic carbocycles. The van der Waals surface area contributed by atoms with Crippen molar-refractivity contribution in [1.29, 1.82) is 0 Å². The van der Waals surface area contributed by atoms with Gasteiger partial charge in [0, 0.05) is 37.1 Å². The van der Waals surface area contributed by atoms with Crippen molar-refractivity contribution in [2.45, 2.75) is 12.7 Å². The Balaban J connectivity index is 0.000000448. The van der Waals surface area contributed by atoms with Gasteiger partial charge in [0.1, 0.15) is 11.0 Å². The number of aromatic nitrogens is 4. The number of hydrogen-bond acceptors (Lipinski definition) is 7. The third kappa shape index (κ3) is 5.90. The first-order valence-electron chi connectivity index (χ1n) is 11.4. The van der Waals surface area contributed by atoms with Crippen LogP contribution in [-0.2, 0) is 11.3 Å². The van der Waals surface area contributed by atoms with Crippen LogP contribution in [0.1, 0.15) is 0 Å². The highest BCUT2D eigenvalue weighted by molar-refractivity contribution is 7.22. The SMILES string of the molecule is CN(C)c1nc2cc(-n3cnc4cc(-c5ccc(Cl)cc5)sc4c3=O)ccc2n1CCN.O=C(O)C(F)(F)F. The third-order valence-corrected chi connectivity index (χ3v) is 6.96. The molecule has 0 saturated carbocycles. The van der Waals surface area contributed by atoms with Crippen LogP contribution in [0.3, 0.4) is 0 Å². The lowest BCUT2D eigenvalue weighted by molar-refractivity contribution is -0.192. The Hall–Kier alpha value is -3.94. The number of carboxylic acids is 1. The van der Waals surface area contributed by atoms with Gasteiger partial charge in [-0.05, 0) is 42.0 Å². The number of aliphatic carboxylic acids is 1. The second kappa shape index (κ2) is 11.0. The van der Waals surface area contributed by atoms with Gasteiger partial charge in [-0.25, -0.2) is 14.8 Å². The second-order valence-electron chi connectivity index (χ2n) is 8.47. The standard InChI is InChI=1S/C23H21ClN6OS.C2HF3O2/c1-28(2)23-27-17-11-16(7-8-19(17)29(23)10-9-25)30-13-26-18-12-20(32-21(18)22(30)31)14-3-5-15(24)6-4-14;3-2(4,5)1(6)7/h3-8,11-13H,9-10,25H2,1-2H3;(H,6,7). The van der Waals surface area contributed by atoms with E-state index in [1.165, 1.54) is 11.3 Å². The van der Waals surface area contributed by atoms with E-state index in [2.05, 4.69) is 9.55 Å². The molecule has 3 aromatic heterocycles. The number of nitrogens with two attached hydrogens (primary N) is 1. The number of carboxylic acid groups (broad SMARTS) is 1. The summed E-state index contributed by atoms with van der Waals surface area (Å²) in [5.41, 5.74) is 9.89. The molecule has 0 aliphatic rings. The number of benzene rings is 2. The zero-order valence-electron chi connectivity index (χ0n) is 20.6. The lowest BCUT2D eigenvalue weighted by Crippen LogP contribution is -2.21. The number of alkyl halides is 3. The molecule has 39 heavy (non-hydrogen) atoms. The lowest BCUT2D eigenvalue weighted by Gasteiger charge is -2.14. The summed E-state index contributed by atoms with van der Waals surface area (Å²) in [6.07, 6.45) is -3.51. The number of imidazole rings is 1. The molecule has 9 nitrogen and oxygen atoms in total. The third-order valence-electron chi connectivity index (χ3n) is 5.55. The van der Waals surface area contributed by atoms with Crippen LogP contribution in [0.5, 0.6) is 0 Å². The summed E-state index contributed by atoms with van der Waals surface area (Å²) in [4.78, 5) is 34.4. The van der Waals surface area contributed by atoms with Crippen molar-refractivity contribution < 1.29 is 23.1 Å². The summed E-state index contributed by atoms with van der Waals surface area (Å²) in [7, 11) is 3.90. The minimum absolute atomic E-state index is 0.103. The monoisotopic (exact) mass is 578 g/mol. The van der Waals surface area contributed by atoms with Crippen LogP contribution in [0.2, 0.25) is 5.02 Å². The van der Waals surface area contributed by atoms with Crippen molar-refractivity contribution in [3.05, 3.63) is 70.2 Å². The fraction of sp³-hybridized carbons (Fsp3) is 0.200. The van der Waals surface area contributed by atoms with E-state index in [1.54, 1.807) is 10.9 Å². The number of anilines is 1. The summed E-state index contributed by atoms with van der Waals surface area (Å²) in [5, 5.41) is 7.80. The molecule has 5 rings (SSSR count). The molecule has 0 unspecified atom stereocenters.